The Morgan fingerprint density at radius 1 is 1.28 bits per heavy atom. The number of hydrogen-bond acceptors (Lipinski definition) is 2. The third-order valence-electron chi connectivity index (χ3n) is 3.23. The second-order valence-corrected chi connectivity index (χ2v) is 8.74. The predicted molar refractivity (Wildman–Crippen MR) is 79.9 cm³/mol. The molecule has 1 N–H and O–H groups in total. The van der Waals surface area contributed by atoms with E-state index in [0.29, 0.717) is 18.4 Å². The second kappa shape index (κ2) is 4.91. The number of Topliss-reactive ketones (excluding diaryl/α,β-unsaturated/α-hetero) is 1. The lowest BCUT2D eigenvalue weighted by Crippen LogP contribution is -2.45. The Labute approximate surface area is 123 Å². The van der Waals surface area contributed by atoms with Gasteiger partial charge in [-0.15, -0.1) is 0 Å². The highest BCUT2D eigenvalue weighted by Gasteiger charge is 2.46. The summed E-state index contributed by atoms with van der Waals surface area (Å²) in [5.74, 6) is -0.236. The van der Waals surface area contributed by atoms with Crippen LogP contribution in [0.5, 0.6) is 0 Å². The van der Waals surface area contributed by atoms with Gasteiger partial charge in [0, 0.05) is 6.42 Å². The maximum absolute atomic E-state index is 11.9. The minimum absolute atomic E-state index is 0.236. The molecule has 1 aliphatic carbocycles. The maximum atomic E-state index is 11.9. The highest BCUT2D eigenvalue weighted by molar-refractivity contribution is 9.25. The number of aliphatic hydroxyl groups is 1. The van der Waals surface area contributed by atoms with E-state index < -0.39 is 8.83 Å². The van der Waals surface area contributed by atoms with Crippen molar-refractivity contribution in [2.75, 3.05) is 0 Å². The first kappa shape index (κ1) is 14.0. The fourth-order valence-electron chi connectivity index (χ4n) is 2.25. The summed E-state index contributed by atoms with van der Waals surface area (Å²) < 4.78 is -0.418. The van der Waals surface area contributed by atoms with E-state index in [-0.39, 0.29) is 5.78 Å². The monoisotopic (exact) mass is 372 g/mol. The number of allylic oxidation sites excluding steroid dienone is 1. The topological polar surface area (TPSA) is 37.3 Å². The molecule has 0 heterocycles. The molecule has 1 atom stereocenters. The largest absolute Gasteiger partial charge is 0.377 e. The number of ketones is 1. The number of hydrogen-bond donors (Lipinski definition) is 1. The van der Waals surface area contributed by atoms with Crippen molar-refractivity contribution < 1.29 is 9.90 Å². The molecule has 1 unspecified atom stereocenters. The zero-order valence-electron chi connectivity index (χ0n) is 9.99. The maximum Gasteiger partial charge on any atom is 0.165 e. The van der Waals surface area contributed by atoms with Gasteiger partial charge in [-0.1, -0.05) is 68.3 Å². The highest BCUT2D eigenvalue weighted by atomic mass is 79.9. The molecule has 96 valence electrons. The Bertz CT molecular complexity index is 494. The summed E-state index contributed by atoms with van der Waals surface area (Å²) in [5, 5.41) is 10.7. The van der Waals surface area contributed by atoms with Crippen molar-refractivity contribution in [2.24, 2.45) is 0 Å². The van der Waals surface area contributed by atoms with Gasteiger partial charge in [-0.25, -0.2) is 0 Å². The van der Waals surface area contributed by atoms with Gasteiger partial charge in [-0.05, 0) is 24.5 Å². The van der Waals surface area contributed by atoms with Crippen LogP contribution in [-0.4, -0.2) is 19.7 Å². The van der Waals surface area contributed by atoms with E-state index in [0.717, 1.165) is 5.56 Å². The zero-order valence-corrected chi connectivity index (χ0v) is 13.2. The van der Waals surface area contributed by atoms with E-state index >= 15 is 0 Å². The average molecular weight is 374 g/mol. The van der Waals surface area contributed by atoms with Gasteiger partial charge < -0.3 is 5.11 Å². The van der Waals surface area contributed by atoms with Gasteiger partial charge in [0.05, 0.1) is 3.23 Å². The first-order valence-corrected chi connectivity index (χ1v) is 7.31. The van der Waals surface area contributed by atoms with Gasteiger partial charge >= 0.3 is 0 Å². The van der Waals surface area contributed by atoms with Crippen LogP contribution < -0.4 is 0 Å². The number of benzene rings is 1. The van der Waals surface area contributed by atoms with Crippen LogP contribution in [0.15, 0.2) is 36.4 Å². The fraction of sp³-hybridized carbons (Fsp3) is 0.357. The molecule has 2 rings (SSSR count). The van der Waals surface area contributed by atoms with Crippen molar-refractivity contribution in [3.63, 3.8) is 0 Å². The molecule has 1 aromatic carbocycles. The molecule has 0 radical (unpaired) electrons. The summed E-state index contributed by atoms with van der Waals surface area (Å²) >= 11 is 6.99. The molecule has 2 nitrogen and oxygen atoms in total. The van der Waals surface area contributed by atoms with Gasteiger partial charge in [0.15, 0.2) is 5.78 Å². The normalized spacial score (nSPS) is 26.6. The van der Waals surface area contributed by atoms with Gasteiger partial charge in [0.2, 0.25) is 0 Å². The summed E-state index contributed by atoms with van der Waals surface area (Å²) in [6.07, 6.45) is 2.95. The van der Waals surface area contributed by atoms with Crippen LogP contribution in [0.25, 0.3) is 5.57 Å². The van der Waals surface area contributed by atoms with E-state index in [9.17, 15) is 9.90 Å². The fourth-order valence-corrected chi connectivity index (χ4v) is 3.39. The molecule has 1 aromatic rings. The van der Waals surface area contributed by atoms with Crippen LogP contribution in [0.3, 0.4) is 0 Å². The summed E-state index contributed by atoms with van der Waals surface area (Å²) in [5.41, 5.74) is 0.155. The van der Waals surface area contributed by atoms with Crippen LogP contribution >= 0.6 is 31.9 Å². The van der Waals surface area contributed by atoms with Crippen molar-refractivity contribution in [3.8, 4) is 0 Å². The standard InChI is InChI=1S/C14H14Br2O2/c1-10(17)14(18)9-13(15,16)8-7-12(14)11-5-3-2-4-6-11/h2-7,18H,8-9H2,1H3. The van der Waals surface area contributed by atoms with E-state index in [4.69, 9.17) is 0 Å². The Kier molecular flexibility index (Phi) is 3.81. The molecule has 18 heavy (non-hydrogen) atoms. The number of carbonyl (C=O) groups is 1. The minimum Gasteiger partial charge on any atom is -0.377 e. The zero-order chi connectivity index (χ0) is 13.4. The third kappa shape index (κ3) is 2.60. The molecular weight excluding hydrogens is 360 g/mol. The highest BCUT2D eigenvalue weighted by Crippen LogP contribution is 2.48. The Hall–Kier alpha value is -0.450. The van der Waals surface area contributed by atoms with Gasteiger partial charge in [0.1, 0.15) is 5.60 Å². The minimum atomic E-state index is -1.44. The molecule has 0 amide bonds. The second-order valence-electron chi connectivity index (χ2n) is 4.64. The van der Waals surface area contributed by atoms with Crippen molar-refractivity contribution in [2.45, 2.75) is 28.6 Å². The summed E-state index contributed by atoms with van der Waals surface area (Å²) in [7, 11) is 0. The number of rotatable bonds is 2. The molecule has 0 bridgehead atoms. The molecule has 0 fully saturated rings. The van der Waals surface area contributed by atoms with Crippen LogP contribution in [0.2, 0.25) is 0 Å². The van der Waals surface area contributed by atoms with Crippen LogP contribution in [-0.2, 0) is 4.79 Å². The predicted octanol–water partition coefficient (Wildman–Crippen LogP) is 3.67. The van der Waals surface area contributed by atoms with Crippen LogP contribution in [0, 0.1) is 0 Å². The average Bonchev–Trinajstić information content (AvgIpc) is 2.28. The smallest absolute Gasteiger partial charge is 0.165 e. The molecule has 4 heteroatoms. The Morgan fingerprint density at radius 2 is 1.89 bits per heavy atom. The van der Waals surface area contributed by atoms with Crippen LogP contribution in [0.1, 0.15) is 25.3 Å². The molecule has 0 saturated carbocycles. The first-order valence-electron chi connectivity index (χ1n) is 5.72. The van der Waals surface area contributed by atoms with Gasteiger partial charge in [-0.3, -0.25) is 4.79 Å². The van der Waals surface area contributed by atoms with E-state index in [1.165, 1.54) is 6.92 Å². The number of halogens is 2. The van der Waals surface area contributed by atoms with Crippen molar-refractivity contribution in [1.82, 2.24) is 0 Å². The summed E-state index contributed by atoms with van der Waals surface area (Å²) in [6.45, 7) is 1.43. The Morgan fingerprint density at radius 3 is 2.44 bits per heavy atom. The lowest BCUT2D eigenvalue weighted by atomic mass is 9.77. The van der Waals surface area contributed by atoms with Gasteiger partial charge in [0.25, 0.3) is 0 Å². The van der Waals surface area contributed by atoms with E-state index in [1.807, 2.05) is 36.4 Å². The van der Waals surface area contributed by atoms with Crippen LogP contribution in [0.4, 0.5) is 0 Å². The number of alkyl halides is 2. The molecule has 0 spiro atoms. The van der Waals surface area contributed by atoms with Crippen molar-refractivity contribution >= 4 is 43.2 Å². The quantitative estimate of drug-likeness (QED) is 0.803. The summed E-state index contributed by atoms with van der Waals surface area (Å²) in [6, 6.07) is 9.55. The lowest BCUT2D eigenvalue weighted by molar-refractivity contribution is -0.130. The third-order valence-corrected chi connectivity index (χ3v) is 4.44. The SMILES string of the molecule is CC(=O)C1(O)CC(Br)(Br)CC=C1c1ccccc1. The van der Waals surface area contributed by atoms with Crippen molar-refractivity contribution in [3.05, 3.63) is 42.0 Å². The molecule has 0 aromatic heterocycles. The van der Waals surface area contributed by atoms with E-state index in [2.05, 4.69) is 31.9 Å². The molecule has 0 saturated heterocycles. The lowest BCUT2D eigenvalue weighted by Gasteiger charge is -2.38. The first-order chi connectivity index (χ1) is 8.35. The Balaban J connectivity index is 2.51. The molecule has 1 aliphatic rings. The molecular formula is C14H14Br2O2. The molecule has 0 aliphatic heterocycles. The van der Waals surface area contributed by atoms with Crippen molar-refractivity contribution in [1.29, 1.82) is 0 Å². The summed E-state index contributed by atoms with van der Waals surface area (Å²) in [4.78, 5) is 11.9. The number of carbonyl (C=O) groups excluding carboxylic acids is 1. The van der Waals surface area contributed by atoms with E-state index in [1.54, 1.807) is 0 Å². The van der Waals surface area contributed by atoms with Gasteiger partial charge in [-0.2, -0.15) is 0 Å².